The number of hydrogen-bond acceptors (Lipinski definition) is 3. The second kappa shape index (κ2) is 8.98. The summed E-state index contributed by atoms with van der Waals surface area (Å²) in [4.78, 5) is 19.2. The average Bonchev–Trinajstić information content (AvgIpc) is 2.59. The van der Waals surface area contributed by atoms with Gasteiger partial charge in [0, 0.05) is 23.6 Å². The number of nitrogens with zero attached hydrogens (tertiary/aromatic N) is 2. The molecule has 0 aliphatic heterocycles. The maximum atomic E-state index is 12.1. The number of benzene rings is 1. The molecule has 0 saturated heterocycles. The molecule has 0 N–H and O–H groups in total. The first-order chi connectivity index (χ1) is 11.5. The van der Waals surface area contributed by atoms with Gasteiger partial charge in [0.1, 0.15) is 6.61 Å². The fraction of sp³-hybridized carbons (Fsp3) is 0.474. The van der Waals surface area contributed by atoms with Crippen LogP contribution in [-0.4, -0.2) is 25.3 Å². The number of rotatable bonds is 7. The lowest BCUT2D eigenvalue weighted by atomic mass is 9.89. The molecule has 0 bridgehead atoms. The molecule has 0 saturated carbocycles. The Labute approximate surface area is 147 Å². The van der Waals surface area contributed by atoms with E-state index in [2.05, 4.69) is 34.0 Å². The maximum absolute atomic E-state index is 12.1. The number of amides is 1. The van der Waals surface area contributed by atoms with Gasteiger partial charge in [-0.15, -0.1) is 9.24 Å². The molecule has 1 aromatic carbocycles. The minimum atomic E-state index is -0.0936. The standard InChI is InChI=1S/C19H27N2O2P/c1-4-5-6-12-23-20-18-9-7-8-15-13-16(10-11-17(15)18)21(3)19(22)14(2)24/h10-11,13H,2,4-9,12,24H2,1,3H3/b20-18+. The number of hydrogen-bond donors (Lipinski definition) is 0. The summed E-state index contributed by atoms with van der Waals surface area (Å²) < 4.78 is 0. The third kappa shape index (κ3) is 4.67. The number of anilines is 1. The Morgan fingerprint density at radius 2 is 2.17 bits per heavy atom. The Morgan fingerprint density at radius 1 is 1.38 bits per heavy atom. The summed E-state index contributed by atoms with van der Waals surface area (Å²) in [7, 11) is 4.13. The largest absolute Gasteiger partial charge is 0.396 e. The number of carbonyl (C=O) groups is 1. The van der Waals surface area contributed by atoms with E-state index in [0.717, 1.165) is 42.6 Å². The molecule has 0 heterocycles. The molecule has 2 rings (SSSR count). The molecule has 24 heavy (non-hydrogen) atoms. The van der Waals surface area contributed by atoms with Crippen molar-refractivity contribution in [3.63, 3.8) is 0 Å². The van der Waals surface area contributed by atoms with Gasteiger partial charge in [-0.1, -0.05) is 37.6 Å². The predicted octanol–water partition coefficient (Wildman–Crippen LogP) is 4.29. The number of oxime groups is 1. The van der Waals surface area contributed by atoms with Crippen LogP contribution in [0.1, 0.15) is 50.2 Å². The Bertz CT molecular complexity index is 640. The van der Waals surface area contributed by atoms with Crippen LogP contribution >= 0.6 is 9.24 Å². The predicted molar refractivity (Wildman–Crippen MR) is 104 cm³/mol. The highest BCUT2D eigenvalue weighted by Crippen LogP contribution is 2.27. The molecule has 1 aliphatic rings. The highest BCUT2D eigenvalue weighted by Gasteiger charge is 2.19. The van der Waals surface area contributed by atoms with Crippen LogP contribution in [0.25, 0.3) is 0 Å². The Morgan fingerprint density at radius 3 is 2.88 bits per heavy atom. The van der Waals surface area contributed by atoms with Crippen molar-refractivity contribution < 1.29 is 9.63 Å². The Hall–Kier alpha value is -1.67. The number of aryl methyl sites for hydroxylation is 1. The van der Waals surface area contributed by atoms with E-state index in [1.54, 1.807) is 11.9 Å². The summed E-state index contributed by atoms with van der Waals surface area (Å²) in [6.45, 7) is 6.55. The molecule has 0 spiro atoms. The molecule has 0 radical (unpaired) electrons. The van der Waals surface area contributed by atoms with Crippen molar-refractivity contribution in [2.75, 3.05) is 18.6 Å². The zero-order chi connectivity index (χ0) is 17.5. The Balaban J connectivity index is 2.13. The first-order valence-corrected chi connectivity index (χ1v) is 9.17. The monoisotopic (exact) mass is 346 g/mol. The fourth-order valence-corrected chi connectivity index (χ4v) is 3.02. The highest BCUT2D eigenvalue weighted by atomic mass is 31.0. The lowest BCUT2D eigenvalue weighted by Crippen LogP contribution is -2.26. The van der Waals surface area contributed by atoms with Crippen molar-refractivity contribution in [3.8, 4) is 0 Å². The van der Waals surface area contributed by atoms with Gasteiger partial charge in [-0.3, -0.25) is 4.79 Å². The van der Waals surface area contributed by atoms with Crippen LogP contribution < -0.4 is 4.90 Å². The van der Waals surface area contributed by atoms with E-state index >= 15 is 0 Å². The van der Waals surface area contributed by atoms with Gasteiger partial charge in [0.2, 0.25) is 0 Å². The molecule has 130 valence electrons. The summed E-state index contributed by atoms with van der Waals surface area (Å²) in [6.07, 6.45) is 6.40. The van der Waals surface area contributed by atoms with Crippen LogP contribution in [0.2, 0.25) is 0 Å². The molecular formula is C19H27N2O2P. The van der Waals surface area contributed by atoms with Crippen molar-refractivity contribution in [2.45, 2.75) is 45.4 Å². The van der Waals surface area contributed by atoms with E-state index < -0.39 is 0 Å². The molecule has 4 nitrogen and oxygen atoms in total. The summed E-state index contributed by atoms with van der Waals surface area (Å²) >= 11 is 0. The summed E-state index contributed by atoms with van der Waals surface area (Å²) in [5, 5.41) is 4.81. The highest BCUT2D eigenvalue weighted by molar-refractivity contribution is 7.25. The van der Waals surface area contributed by atoms with Crippen LogP contribution in [0.5, 0.6) is 0 Å². The lowest BCUT2D eigenvalue weighted by Gasteiger charge is -2.22. The van der Waals surface area contributed by atoms with Gasteiger partial charge in [0.25, 0.3) is 5.91 Å². The molecule has 1 unspecified atom stereocenters. The number of fused-ring (bicyclic) bond motifs is 1. The van der Waals surface area contributed by atoms with Gasteiger partial charge in [0.15, 0.2) is 0 Å². The van der Waals surface area contributed by atoms with Gasteiger partial charge in [-0.05, 0) is 43.4 Å². The maximum Gasteiger partial charge on any atom is 0.257 e. The third-order valence-corrected chi connectivity index (χ3v) is 4.49. The van der Waals surface area contributed by atoms with Gasteiger partial charge in [-0.2, -0.15) is 0 Å². The van der Waals surface area contributed by atoms with E-state index in [-0.39, 0.29) is 5.91 Å². The van der Waals surface area contributed by atoms with Crippen LogP contribution in [-0.2, 0) is 16.1 Å². The van der Waals surface area contributed by atoms with Gasteiger partial charge in [-0.25, -0.2) is 0 Å². The summed E-state index contributed by atoms with van der Waals surface area (Å²) in [6, 6.07) is 6.09. The molecule has 0 aromatic heterocycles. The van der Waals surface area contributed by atoms with E-state index in [1.165, 1.54) is 18.4 Å². The molecule has 5 heteroatoms. The van der Waals surface area contributed by atoms with Crippen LogP contribution in [0.4, 0.5) is 5.69 Å². The molecule has 1 aromatic rings. The van der Waals surface area contributed by atoms with Crippen LogP contribution in [0.3, 0.4) is 0 Å². The zero-order valence-corrected chi connectivity index (χ0v) is 15.8. The van der Waals surface area contributed by atoms with Crippen LogP contribution in [0, 0.1) is 0 Å². The van der Waals surface area contributed by atoms with E-state index in [0.29, 0.717) is 11.9 Å². The van der Waals surface area contributed by atoms with E-state index in [9.17, 15) is 4.79 Å². The van der Waals surface area contributed by atoms with E-state index in [4.69, 9.17) is 4.84 Å². The van der Waals surface area contributed by atoms with Crippen molar-refractivity contribution in [1.29, 1.82) is 0 Å². The first kappa shape index (κ1) is 18.7. The zero-order valence-electron chi connectivity index (χ0n) is 14.7. The molecule has 1 amide bonds. The smallest absolute Gasteiger partial charge is 0.257 e. The summed E-state index contributed by atoms with van der Waals surface area (Å²) in [5.74, 6) is -0.0936. The Kier molecular flexibility index (Phi) is 6.99. The van der Waals surface area contributed by atoms with E-state index in [1.807, 2.05) is 12.1 Å². The van der Waals surface area contributed by atoms with Gasteiger partial charge in [0.05, 0.1) is 5.71 Å². The minimum absolute atomic E-state index is 0.0936. The second-order valence-electron chi connectivity index (χ2n) is 6.16. The fourth-order valence-electron chi connectivity index (χ4n) is 2.83. The topological polar surface area (TPSA) is 41.9 Å². The molecule has 0 fully saturated rings. The summed E-state index contributed by atoms with van der Waals surface area (Å²) in [5.41, 5.74) is 4.27. The SMILES string of the molecule is C=C(P)C(=O)N(C)c1ccc2c(c1)CCC/C2=N\OCCCCC. The van der Waals surface area contributed by atoms with Crippen molar-refractivity contribution in [1.82, 2.24) is 0 Å². The second-order valence-corrected chi connectivity index (χ2v) is 6.86. The van der Waals surface area contributed by atoms with Gasteiger partial charge < -0.3 is 9.74 Å². The minimum Gasteiger partial charge on any atom is -0.396 e. The van der Waals surface area contributed by atoms with Gasteiger partial charge >= 0.3 is 0 Å². The van der Waals surface area contributed by atoms with Crippen LogP contribution in [0.15, 0.2) is 35.2 Å². The van der Waals surface area contributed by atoms with Crippen molar-refractivity contribution in [3.05, 3.63) is 41.2 Å². The number of likely N-dealkylation sites (N-methyl/N-ethyl adjacent to an activating group) is 1. The number of carbonyl (C=O) groups excluding carboxylic acids is 1. The quantitative estimate of drug-likeness (QED) is 0.320. The first-order valence-electron chi connectivity index (χ1n) is 8.59. The van der Waals surface area contributed by atoms with Crippen molar-refractivity contribution >= 4 is 26.5 Å². The molecule has 1 atom stereocenters. The third-order valence-electron chi connectivity index (χ3n) is 4.24. The normalized spacial score (nSPS) is 15.0. The molecule has 1 aliphatic carbocycles. The molecular weight excluding hydrogens is 319 g/mol. The average molecular weight is 346 g/mol. The lowest BCUT2D eigenvalue weighted by molar-refractivity contribution is -0.114. The number of unbranched alkanes of at least 4 members (excludes halogenated alkanes) is 2. The van der Waals surface area contributed by atoms with Crippen molar-refractivity contribution in [2.24, 2.45) is 5.16 Å².